The summed E-state index contributed by atoms with van der Waals surface area (Å²) < 4.78 is 25.4. The molecule has 0 aliphatic carbocycles. The van der Waals surface area contributed by atoms with Crippen molar-refractivity contribution in [3.05, 3.63) is 97.1 Å². The Hall–Kier alpha value is -3.28. The zero-order valence-corrected chi connectivity index (χ0v) is 21.3. The van der Waals surface area contributed by atoms with Crippen molar-refractivity contribution in [2.24, 2.45) is 0 Å². The number of benzene rings is 3. The molecule has 1 saturated heterocycles. The summed E-state index contributed by atoms with van der Waals surface area (Å²) in [6.45, 7) is 0.211. The molecule has 0 radical (unpaired) electrons. The maximum atomic E-state index is 13.1. The molecule has 0 aromatic heterocycles. The number of anilines is 1. The highest BCUT2D eigenvalue weighted by atomic mass is 79.9. The Bertz CT molecular complexity index is 1350. The maximum Gasteiger partial charge on any atom is 0.270 e. The van der Waals surface area contributed by atoms with Crippen molar-refractivity contribution >= 4 is 67.6 Å². The fourth-order valence-corrected chi connectivity index (χ4v) is 5.14. The van der Waals surface area contributed by atoms with Crippen molar-refractivity contribution in [2.45, 2.75) is 6.61 Å². The number of nitro benzene ring substituents is 1. The summed E-state index contributed by atoms with van der Waals surface area (Å²) in [5.74, 6) is 0.252. The predicted octanol–water partition coefficient (Wildman–Crippen LogP) is 6.49. The largest absolute Gasteiger partial charge is 0.493 e. The van der Waals surface area contributed by atoms with E-state index in [0.29, 0.717) is 36.4 Å². The summed E-state index contributed by atoms with van der Waals surface area (Å²) in [4.78, 5) is 25.2. The van der Waals surface area contributed by atoms with Gasteiger partial charge in [-0.05, 0) is 69.5 Å². The summed E-state index contributed by atoms with van der Waals surface area (Å²) in [5, 5.41) is 10.9. The van der Waals surface area contributed by atoms with Crippen LogP contribution in [0.1, 0.15) is 11.1 Å². The van der Waals surface area contributed by atoms with Gasteiger partial charge in [-0.2, -0.15) is 0 Å². The van der Waals surface area contributed by atoms with Crippen LogP contribution in [0.5, 0.6) is 11.5 Å². The standard InChI is InChI=1S/C24H16BrFN2O5S2/c1-32-20-11-15(10-19(25)22(20)33-13-14-2-4-16(26)5-3-14)12-21-23(29)27(24(34)35-21)17-6-8-18(9-7-17)28(30)31/h2-12H,13H2,1H3/b21-12-. The van der Waals surface area contributed by atoms with Crippen LogP contribution in [0.15, 0.2) is 70.0 Å². The first-order valence-electron chi connectivity index (χ1n) is 10.0. The fourth-order valence-electron chi connectivity index (χ4n) is 3.26. The van der Waals surface area contributed by atoms with Crippen molar-refractivity contribution in [1.29, 1.82) is 0 Å². The van der Waals surface area contributed by atoms with Gasteiger partial charge in [-0.1, -0.05) is 36.1 Å². The fraction of sp³-hybridized carbons (Fsp3) is 0.0833. The zero-order valence-electron chi connectivity index (χ0n) is 18.1. The molecule has 1 fully saturated rings. The molecule has 178 valence electrons. The Morgan fingerprint density at radius 1 is 1.17 bits per heavy atom. The molecule has 1 aliphatic rings. The van der Waals surface area contributed by atoms with Crippen molar-refractivity contribution in [1.82, 2.24) is 0 Å². The average Bonchev–Trinajstić information content (AvgIpc) is 3.11. The molecule has 3 aromatic carbocycles. The highest BCUT2D eigenvalue weighted by molar-refractivity contribution is 9.10. The van der Waals surface area contributed by atoms with Gasteiger partial charge in [0.15, 0.2) is 15.8 Å². The van der Waals surface area contributed by atoms with Gasteiger partial charge in [0, 0.05) is 12.1 Å². The van der Waals surface area contributed by atoms with Gasteiger partial charge in [-0.25, -0.2) is 4.39 Å². The number of nitrogens with zero attached hydrogens (tertiary/aromatic N) is 2. The number of thioether (sulfide) groups is 1. The monoisotopic (exact) mass is 574 g/mol. The lowest BCUT2D eigenvalue weighted by atomic mass is 10.1. The maximum absolute atomic E-state index is 13.1. The van der Waals surface area contributed by atoms with Gasteiger partial charge < -0.3 is 9.47 Å². The summed E-state index contributed by atoms with van der Waals surface area (Å²) in [6, 6.07) is 15.1. The van der Waals surface area contributed by atoms with Gasteiger partial charge in [-0.3, -0.25) is 19.8 Å². The second-order valence-corrected chi connectivity index (χ2v) is 9.77. The number of amides is 1. The second kappa shape index (κ2) is 10.5. The minimum Gasteiger partial charge on any atom is -0.493 e. The van der Waals surface area contributed by atoms with Gasteiger partial charge >= 0.3 is 0 Å². The highest BCUT2D eigenvalue weighted by Gasteiger charge is 2.33. The molecule has 11 heteroatoms. The van der Waals surface area contributed by atoms with Crippen LogP contribution in [0.2, 0.25) is 0 Å². The van der Waals surface area contributed by atoms with Crippen LogP contribution in [0.25, 0.3) is 6.08 Å². The lowest BCUT2D eigenvalue weighted by Gasteiger charge is -2.14. The van der Waals surface area contributed by atoms with Crippen LogP contribution >= 0.6 is 39.9 Å². The third-order valence-corrected chi connectivity index (χ3v) is 6.85. The van der Waals surface area contributed by atoms with Crippen LogP contribution in [0.4, 0.5) is 15.8 Å². The number of non-ortho nitro benzene ring substituents is 1. The number of carbonyl (C=O) groups excluding carboxylic acids is 1. The third kappa shape index (κ3) is 5.53. The number of hydrogen-bond acceptors (Lipinski definition) is 7. The SMILES string of the molecule is COc1cc(/C=C2\SC(=S)N(c3ccc([N+](=O)[O-])cc3)C2=O)cc(Br)c1OCc1ccc(F)cc1. The Labute approximate surface area is 217 Å². The van der Waals surface area contributed by atoms with Gasteiger partial charge in [0.25, 0.3) is 11.6 Å². The second-order valence-electron chi connectivity index (χ2n) is 7.24. The first-order valence-corrected chi connectivity index (χ1v) is 12.1. The van der Waals surface area contributed by atoms with Crippen molar-refractivity contribution in [3.63, 3.8) is 0 Å². The molecule has 7 nitrogen and oxygen atoms in total. The molecule has 0 spiro atoms. The molecule has 0 bridgehead atoms. The summed E-state index contributed by atoms with van der Waals surface area (Å²) in [7, 11) is 1.50. The molecule has 0 unspecified atom stereocenters. The molecular formula is C24H16BrFN2O5S2. The molecule has 3 aromatic rings. The van der Waals surface area contributed by atoms with E-state index in [2.05, 4.69) is 15.9 Å². The molecule has 1 amide bonds. The highest BCUT2D eigenvalue weighted by Crippen LogP contribution is 2.40. The number of rotatable bonds is 7. The summed E-state index contributed by atoms with van der Waals surface area (Å²) in [5.41, 5.74) is 1.84. The number of hydrogen-bond donors (Lipinski definition) is 0. The van der Waals surface area contributed by atoms with Crippen LogP contribution in [-0.4, -0.2) is 22.3 Å². The summed E-state index contributed by atoms with van der Waals surface area (Å²) >= 11 is 10.00. The lowest BCUT2D eigenvalue weighted by molar-refractivity contribution is -0.384. The normalized spacial score (nSPS) is 14.5. The molecule has 0 atom stereocenters. The van der Waals surface area contributed by atoms with E-state index in [9.17, 15) is 19.3 Å². The number of carbonyl (C=O) groups is 1. The molecular weight excluding hydrogens is 559 g/mol. The Morgan fingerprint density at radius 3 is 2.49 bits per heavy atom. The smallest absolute Gasteiger partial charge is 0.270 e. The van der Waals surface area contributed by atoms with Crippen LogP contribution in [0, 0.1) is 15.9 Å². The van der Waals surface area contributed by atoms with E-state index >= 15 is 0 Å². The van der Waals surface area contributed by atoms with Crippen molar-refractivity contribution < 1.29 is 23.6 Å². The van der Waals surface area contributed by atoms with Crippen LogP contribution < -0.4 is 14.4 Å². The number of ether oxygens (including phenoxy) is 2. The van der Waals surface area contributed by atoms with E-state index in [4.69, 9.17) is 21.7 Å². The van der Waals surface area contributed by atoms with E-state index in [0.717, 1.165) is 17.3 Å². The van der Waals surface area contributed by atoms with Gasteiger partial charge in [0.2, 0.25) is 0 Å². The topological polar surface area (TPSA) is 81.9 Å². The number of methoxy groups -OCH3 is 1. The summed E-state index contributed by atoms with van der Waals surface area (Å²) in [6.07, 6.45) is 1.68. The molecule has 4 rings (SSSR count). The molecule has 0 saturated carbocycles. The van der Waals surface area contributed by atoms with Gasteiger partial charge in [-0.15, -0.1) is 0 Å². The predicted molar refractivity (Wildman–Crippen MR) is 140 cm³/mol. The minimum atomic E-state index is -0.508. The first-order chi connectivity index (χ1) is 16.8. The molecule has 0 N–H and O–H groups in total. The minimum absolute atomic E-state index is 0.0755. The number of nitro groups is 1. The quantitative estimate of drug-likeness (QED) is 0.138. The molecule has 1 heterocycles. The third-order valence-electron chi connectivity index (χ3n) is 4.96. The van der Waals surface area contributed by atoms with E-state index in [1.165, 1.54) is 48.4 Å². The molecule has 1 aliphatic heterocycles. The zero-order chi connectivity index (χ0) is 25.1. The Kier molecular flexibility index (Phi) is 7.48. The van der Waals surface area contributed by atoms with E-state index in [-0.39, 0.29) is 24.0 Å². The van der Waals surface area contributed by atoms with E-state index in [1.807, 2.05) is 0 Å². The average molecular weight is 575 g/mol. The lowest BCUT2D eigenvalue weighted by Crippen LogP contribution is -2.27. The van der Waals surface area contributed by atoms with Crippen LogP contribution in [-0.2, 0) is 11.4 Å². The van der Waals surface area contributed by atoms with Crippen molar-refractivity contribution in [2.75, 3.05) is 12.0 Å². The first kappa shape index (κ1) is 24.8. The number of thiocarbonyl (C=S) groups is 1. The van der Waals surface area contributed by atoms with Crippen molar-refractivity contribution in [3.8, 4) is 11.5 Å². The van der Waals surface area contributed by atoms with Crippen LogP contribution in [0.3, 0.4) is 0 Å². The number of halogens is 2. The van der Waals surface area contributed by atoms with E-state index in [1.54, 1.807) is 30.3 Å². The van der Waals surface area contributed by atoms with E-state index < -0.39 is 4.92 Å². The Balaban J connectivity index is 1.56. The van der Waals surface area contributed by atoms with Gasteiger partial charge in [0.05, 0.1) is 27.1 Å². The molecule has 35 heavy (non-hydrogen) atoms. The van der Waals surface area contributed by atoms with Gasteiger partial charge in [0.1, 0.15) is 12.4 Å². The Morgan fingerprint density at radius 2 is 1.86 bits per heavy atom.